The van der Waals surface area contributed by atoms with Crippen LogP contribution >= 0.6 is 0 Å². The van der Waals surface area contributed by atoms with Crippen LogP contribution in [0.5, 0.6) is 0 Å². The quantitative estimate of drug-likeness (QED) is 0.156. The summed E-state index contributed by atoms with van der Waals surface area (Å²) < 4.78 is 0. The van der Waals surface area contributed by atoms with Crippen molar-refractivity contribution in [1.29, 1.82) is 0 Å². The second-order valence-electron chi connectivity index (χ2n) is 7.21. The number of hydrogen-bond acceptors (Lipinski definition) is 1. The molecule has 1 amide bonds. The molecule has 0 aliphatic heterocycles. The molecule has 1 radical (unpaired) electrons. The van der Waals surface area contributed by atoms with Crippen LogP contribution in [0.15, 0.2) is 12.2 Å². The number of hydrogen-bond donors (Lipinski definition) is 1. The fourth-order valence-corrected chi connectivity index (χ4v) is 3.08. The van der Waals surface area contributed by atoms with Crippen LogP contribution in [-0.2, 0) is 4.79 Å². The molecule has 25 heavy (non-hydrogen) atoms. The van der Waals surface area contributed by atoms with E-state index < -0.39 is 0 Å². The van der Waals surface area contributed by atoms with E-state index in [1.165, 1.54) is 96.3 Å². The molecule has 143 valence electrons. The SMILES string of the molecule is CCCCCCCC/C=C\CCCCCCCCCCCC(N)=O.[Na]. The molecule has 0 aromatic heterocycles. The maximum atomic E-state index is 10.6. The fraction of sp³-hybridized carbons (Fsp3) is 0.864. The molecule has 0 saturated heterocycles. The van der Waals surface area contributed by atoms with Gasteiger partial charge in [0.15, 0.2) is 0 Å². The summed E-state index contributed by atoms with van der Waals surface area (Å²) >= 11 is 0. The Morgan fingerprint density at radius 3 is 1.40 bits per heavy atom. The smallest absolute Gasteiger partial charge is 0.217 e. The van der Waals surface area contributed by atoms with Crippen LogP contribution in [0.25, 0.3) is 0 Å². The molecule has 0 fully saturated rings. The van der Waals surface area contributed by atoms with E-state index in [1.807, 2.05) is 0 Å². The summed E-state index contributed by atoms with van der Waals surface area (Å²) in [6.07, 6.45) is 27.8. The Balaban J connectivity index is 0. The molecule has 2 N–H and O–H groups in total. The van der Waals surface area contributed by atoms with Crippen molar-refractivity contribution < 1.29 is 4.79 Å². The van der Waals surface area contributed by atoms with Gasteiger partial charge in [0.1, 0.15) is 0 Å². The number of nitrogens with two attached hydrogens (primary N) is 1. The maximum absolute atomic E-state index is 10.6. The average molecular weight is 361 g/mol. The molecule has 3 heteroatoms. The van der Waals surface area contributed by atoms with Gasteiger partial charge >= 0.3 is 0 Å². The van der Waals surface area contributed by atoms with Crippen LogP contribution in [0.2, 0.25) is 0 Å². The molecule has 0 saturated carbocycles. The fourth-order valence-electron chi connectivity index (χ4n) is 3.08. The van der Waals surface area contributed by atoms with E-state index >= 15 is 0 Å². The average Bonchev–Trinajstić information content (AvgIpc) is 2.56. The topological polar surface area (TPSA) is 43.1 Å². The number of primary amides is 1. The van der Waals surface area contributed by atoms with Crippen LogP contribution in [0.3, 0.4) is 0 Å². The molecule has 0 aromatic carbocycles. The van der Waals surface area contributed by atoms with Crippen molar-refractivity contribution in [3.05, 3.63) is 12.2 Å². The van der Waals surface area contributed by atoms with Gasteiger partial charge in [0.25, 0.3) is 0 Å². The van der Waals surface area contributed by atoms with Gasteiger partial charge in [-0.2, -0.15) is 0 Å². The number of rotatable bonds is 19. The minimum absolute atomic E-state index is 0. The molecular weight excluding hydrogens is 317 g/mol. The normalized spacial score (nSPS) is 10.9. The molecular formula is C22H43NNaO. The Morgan fingerprint density at radius 1 is 0.640 bits per heavy atom. The molecule has 2 nitrogen and oxygen atoms in total. The zero-order valence-electron chi connectivity index (χ0n) is 17.4. The van der Waals surface area contributed by atoms with Gasteiger partial charge in [-0.25, -0.2) is 0 Å². The molecule has 0 aliphatic rings. The molecule has 0 spiro atoms. The van der Waals surface area contributed by atoms with Crippen LogP contribution in [0.1, 0.15) is 122 Å². The number of carbonyl (C=O) groups excluding carboxylic acids is 1. The molecule has 0 aromatic rings. The molecule has 0 aliphatic carbocycles. The Kier molecular flexibility index (Phi) is 26.6. The maximum Gasteiger partial charge on any atom is 0.217 e. The van der Waals surface area contributed by atoms with Crippen LogP contribution in [0.4, 0.5) is 0 Å². The zero-order valence-corrected chi connectivity index (χ0v) is 19.4. The van der Waals surface area contributed by atoms with Gasteiger partial charge in [-0.3, -0.25) is 4.79 Å². The summed E-state index contributed by atoms with van der Waals surface area (Å²) in [6.45, 7) is 2.28. The summed E-state index contributed by atoms with van der Waals surface area (Å²) in [6, 6.07) is 0. The minimum atomic E-state index is -0.156. The first kappa shape index (κ1) is 27.4. The summed E-state index contributed by atoms with van der Waals surface area (Å²) in [5.41, 5.74) is 5.13. The first-order valence-electron chi connectivity index (χ1n) is 10.7. The van der Waals surface area contributed by atoms with Crippen LogP contribution in [-0.4, -0.2) is 35.5 Å². The largest absolute Gasteiger partial charge is 0.370 e. The predicted octanol–water partition coefficient (Wildman–Crippen LogP) is 6.69. The van der Waals surface area contributed by atoms with Gasteiger partial charge in [-0.15, -0.1) is 0 Å². The number of amides is 1. The number of allylic oxidation sites excluding steroid dienone is 2. The first-order valence-corrected chi connectivity index (χ1v) is 10.7. The molecule has 0 rings (SSSR count). The van der Waals surface area contributed by atoms with E-state index in [0.717, 1.165) is 12.8 Å². The summed E-state index contributed by atoms with van der Waals surface area (Å²) in [5.74, 6) is -0.156. The van der Waals surface area contributed by atoms with Gasteiger partial charge in [-0.1, -0.05) is 96.1 Å². The molecule has 0 unspecified atom stereocenters. The van der Waals surface area contributed by atoms with E-state index in [2.05, 4.69) is 19.1 Å². The molecule has 0 bridgehead atoms. The van der Waals surface area contributed by atoms with E-state index in [-0.39, 0.29) is 35.5 Å². The second kappa shape index (κ2) is 24.2. The van der Waals surface area contributed by atoms with Crippen molar-refractivity contribution in [3.8, 4) is 0 Å². The van der Waals surface area contributed by atoms with Gasteiger partial charge < -0.3 is 5.73 Å². The first-order chi connectivity index (χ1) is 11.8. The van der Waals surface area contributed by atoms with Crippen molar-refractivity contribution in [2.24, 2.45) is 5.73 Å². The summed E-state index contributed by atoms with van der Waals surface area (Å²) in [7, 11) is 0. The van der Waals surface area contributed by atoms with E-state index in [1.54, 1.807) is 0 Å². The third kappa shape index (κ3) is 26.5. The summed E-state index contributed by atoms with van der Waals surface area (Å²) in [4.78, 5) is 10.6. The van der Waals surface area contributed by atoms with E-state index in [4.69, 9.17) is 5.73 Å². The zero-order chi connectivity index (χ0) is 17.7. The van der Waals surface area contributed by atoms with Gasteiger partial charge in [0, 0.05) is 36.0 Å². The number of unbranched alkanes of at least 4 members (excludes halogenated alkanes) is 15. The molecule has 0 heterocycles. The Bertz CT molecular complexity index is 292. The van der Waals surface area contributed by atoms with Gasteiger partial charge in [0.2, 0.25) is 5.91 Å². The standard InChI is InChI=1S/C22H43NO.Na/c1-2-3-4-5-6-7-8-9-10-11-12-13-14-15-16-17-18-19-20-21-22(23)24;/h9-10H,2-8,11-21H2,1H3,(H2,23,24);/b10-9-;. The monoisotopic (exact) mass is 360 g/mol. The van der Waals surface area contributed by atoms with Gasteiger partial charge in [0.05, 0.1) is 0 Å². The van der Waals surface area contributed by atoms with Crippen molar-refractivity contribution in [1.82, 2.24) is 0 Å². The minimum Gasteiger partial charge on any atom is -0.370 e. The molecule has 0 atom stereocenters. The van der Waals surface area contributed by atoms with E-state index in [9.17, 15) is 4.79 Å². The third-order valence-corrected chi connectivity index (χ3v) is 4.68. The summed E-state index contributed by atoms with van der Waals surface area (Å²) in [5, 5.41) is 0. The van der Waals surface area contributed by atoms with Crippen molar-refractivity contribution in [2.75, 3.05) is 0 Å². The van der Waals surface area contributed by atoms with Crippen LogP contribution in [0, 0.1) is 0 Å². The van der Waals surface area contributed by atoms with E-state index in [0.29, 0.717) is 6.42 Å². The Labute approximate surface area is 180 Å². The van der Waals surface area contributed by atoms with Crippen LogP contribution < -0.4 is 5.73 Å². The van der Waals surface area contributed by atoms with Crippen molar-refractivity contribution >= 4 is 35.5 Å². The third-order valence-electron chi connectivity index (χ3n) is 4.68. The number of carbonyl (C=O) groups is 1. The Hall–Kier alpha value is 0.210. The Morgan fingerprint density at radius 2 is 1.00 bits per heavy atom. The predicted molar refractivity (Wildman–Crippen MR) is 113 cm³/mol. The second-order valence-corrected chi connectivity index (χ2v) is 7.21. The van der Waals surface area contributed by atoms with Crippen molar-refractivity contribution in [3.63, 3.8) is 0 Å². The van der Waals surface area contributed by atoms with Crippen molar-refractivity contribution in [2.45, 2.75) is 122 Å². The van der Waals surface area contributed by atoms with Gasteiger partial charge in [-0.05, 0) is 32.1 Å².